The third-order valence-electron chi connectivity index (χ3n) is 2.52. The van der Waals surface area contributed by atoms with Crippen molar-refractivity contribution in [2.24, 2.45) is 0 Å². The topological polar surface area (TPSA) is 24.9 Å². The molecule has 0 saturated carbocycles. The lowest BCUT2D eigenvalue weighted by Crippen LogP contribution is -2.16. The third kappa shape index (κ3) is 3.14. The first-order chi connectivity index (χ1) is 7.75. The van der Waals surface area contributed by atoms with Gasteiger partial charge < -0.3 is 5.32 Å². The van der Waals surface area contributed by atoms with Crippen LogP contribution in [0, 0.1) is 13.8 Å². The molecule has 86 valence electrons. The van der Waals surface area contributed by atoms with Crippen molar-refractivity contribution >= 4 is 22.7 Å². The Kier molecular flexibility index (Phi) is 4.09. The SMILES string of the molecule is Cc1nc(CNCCc2ccsc2)sc1C. The van der Waals surface area contributed by atoms with E-state index in [0.717, 1.165) is 19.5 Å². The van der Waals surface area contributed by atoms with Gasteiger partial charge in [-0.3, -0.25) is 0 Å². The molecule has 2 rings (SSSR count). The van der Waals surface area contributed by atoms with Crippen molar-refractivity contribution in [2.45, 2.75) is 26.8 Å². The van der Waals surface area contributed by atoms with Crippen LogP contribution in [0.3, 0.4) is 0 Å². The van der Waals surface area contributed by atoms with Crippen LogP contribution < -0.4 is 5.32 Å². The van der Waals surface area contributed by atoms with Gasteiger partial charge in [0.25, 0.3) is 0 Å². The average Bonchev–Trinajstić information content (AvgIpc) is 2.85. The standard InChI is InChI=1S/C12H16N2S2/c1-9-10(2)16-12(14-9)7-13-5-3-11-4-6-15-8-11/h4,6,8,13H,3,5,7H2,1-2H3. The van der Waals surface area contributed by atoms with Crippen LogP contribution in [0.2, 0.25) is 0 Å². The number of aromatic nitrogens is 1. The molecule has 0 fully saturated rings. The first-order valence-electron chi connectivity index (χ1n) is 5.40. The fraction of sp³-hybridized carbons (Fsp3) is 0.417. The second kappa shape index (κ2) is 5.57. The van der Waals surface area contributed by atoms with Crippen LogP contribution in [0.4, 0.5) is 0 Å². The Bertz CT molecular complexity index is 412. The van der Waals surface area contributed by atoms with E-state index in [2.05, 4.69) is 41.0 Å². The van der Waals surface area contributed by atoms with Gasteiger partial charge in [-0.2, -0.15) is 11.3 Å². The minimum Gasteiger partial charge on any atom is -0.310 e. The lowest BCUT2D eigenvalue weighted by molar-refractivity contribution is 0.684. The highest BCUT2D eigenvalue weighted by Crippen LogP contribution is 2.15. The molecule has 0 spiro atoms. The zero-order chi connectivity index (χ0) is 11.4. The van der Waals surface area contributed by atoms with Crippen molar-refractivity contribution in [3.63, 3.8) is 0 Å². The number of thiazole rings is 1. The van der Waals surface area contributed by atoms with Crippen LogP contribution in [0.1, 0.15) is 21.1 Å². The molecule has 4 heteroatoms. The molecule has 2 aromatic heterocycles. The van der Waals surface area contributed by atoms with Crippen molar-refractivity contribution in [2.75, 3.05) is 6.54 Å². The fourth-order valence-corrected chi connectivity index (χ4v) is 3.08. The van der Waals surface area contributed by atoms with Gasteiger partial charge >= 0.3 is 0 Å². The van der Waals surface area contributed by atoms with Crippen LogP contribution >= 0.6 is 22.7 Å². The normalized spacial score (nSPS) is 10.9. The van der Waals surface area contributed by atoms with E-state index in [1.807, 2.05) is 0 Å². The lowest BCUT2D eigenvalue weighted by atomic mass is 10.2. The molecule has 0 bridgehead atoms. The molecule has 0 amide bonds. The molecular weight excluding hydrogens is 236 g/mol. The largest absolute Gasteiger partial charge is 0.310 e. The van der Waals surface area contributed by atoms with E-state index in [9.17, 15) is 0 Å². The summed E-state index contributed by atoms with van der Waals surface area (Å²) >= 11 is 3.55. The van der Waals surface area contributed by atoms with Crippen molar-refractivity contribution in [3.05, 3.63) is 38.0 Å². The Hall–Kier alpha value is -0.710. The van der Waals surface area contributed by atoms with E-state index in [0.29, 0.717) is 0 Å². The van der Waals surface area contributed by atoms with Gasteiger partial charge in [-0.05, 0) is 49.2 Å². The van der Waals surface area contributed by atoms with Crippen molar-refractivity contribution < 1.29 is 0 Å². The summed E-state index contributed by atoms with van der Waals surface area (Å²) in [7, 11) is 0. The molecule has 0 aliphatic carbocycles. The molecule has 2 nitrogen and oxygen atoms in total. The maximum atomic E-state index is 4.50. The summed E-state index contributed by atoms with van der Waals surface area (Å²) in [4.78, 5) is 5.83. The van der Waals surface area contributed by atoms with Crippen LogP contribution in [0.5, 0.6) is 0 Å². The predicted octanol–water partition coefficient (Wildman–Crippen LogP) is 3.15. The Labute approximate surface area is 104 Å². The highest BCUT2D eigenvalue weighted by molar-refractivity contribution is 7.11. The van der Waals surface area contributed by atoms with Gasteiger partial charge in [-0.15, -0.1) is 11.3 Å². The summed E-state index contributed by atoms with van der Waals surface area (Å²) in [5.41, 5.74) is 2.59. The van der Waals surface area contributed by atoms with Crippen LogP contribution in [0.25, 0.3) is 0 Å². The highest BCUT2D eigenvalue weighted by Gasteiger charge is 2.02. The summed E-state index contributed by atoms with van der Waals surface area (Å²) < 4.78 is 0. The molecule has 1 N–H and O–H groups in total. The van der Waals surface area contributed by atoms with Gasteiger partial charge in [0, 0.05) is 11.4 Å². The minimum atomic E-state index is 0.892. The predicted molar refractivity (Wildman–Crippen MR) is 71.3 cm³/mol. The van der Waals surface area contributed by atoms with E-state index >= 15 is 0 Å². The Morgan fingerprint density at radius 3 is 2.88 bits per heavy atom. The number of hydrogen-bond acceptors (Lipinski definition) is 4. The molecule has 2 aromatic rings. The summed E-state index contributed by atoms with van der Waals surface area (Å²) in [6.45, 7) is 6.11. The number of nitrogens with one attached hydrogen (secondary N) is 1. The van der Waals surface area contributed by atoms with Crippen molar-refractivity contribution in [3.8, 4) is 0 Å². The molecule has 0 radical (unpaired) electrons. The monoisotopic (exact) mass is 252 g/mol. The van der Waals surface area contributed by atoms with Gasteiger partial charge in [-0.25, -0.2) is 4.98 Å². The van der Waals surface area contributed by atoms with E-state index in [-0.39, 0.29) is 0 Å². The van der Waals surface area contributed by atoms with Crippen LogP contribution in [-0.4, -0.2) is 11.5 Å². The smallest absolute Gasteiger partial charge is 0.107 e. The van der Waals surface area contributed by atoms with Gasteiger partial charge in [0.1, 0.15) is 5.01 Å². The number of aryl methyl sites for hydroxylation is 2. The Morgan fingerprint density at radius 1 is 1.38 bits per heavy atom. The van der Waals surface area contributed by atoms with Gasteiger partial charge in [0.05, 0.1) is 5.69 Å². The van der Waals surface area contributed by atoms with Crippen LogP contribution in [0.15, 0.2) is 16.8 Å². The van der Waals surface area contributed by atoms with Crippen molar-refractivity contribution in [1.29, 1.82) is 0 Å². The highest BCUT2D eigenvalue weighted by atomic mass is 32.1. The zero-order valence-electron chi connectivity index (χ0n) is 9.62. The average molecular weight is 252 g/mol. The molecule has 0 aromatic carbocycles. The van der Waals surface area contributed by atoms with E-state index in [1.54, 1.807) is 22.7 Å². The lowest BCUT2D eigenvalue weighted by Gasteiger charge is -2.00. The van der Waals surface area contributed by atoms with E-state index in [4.69, 9.17) is 0 Å². The number of nitrogens with zero attached hydrogens (tertiary/aromatic N) is 1. The summed E-state index contributed by atoms with van der Waals surface area (Å²) in [5, 5.41) is 8.96. The quantitative estimate of drug-likeness (QED) is 0.827. The zero-order valence-corrected chi connectivity index (χ0v) is 11.3. The number of hydrogen-bond donors (Lipinski definition) is 1. The second-order valence-corrected chi connectivity index (χ2v) is 5.88. The molecule has 16 heavy (non-hydrogen) atoms. The second-order valence-electron chi connectivity index (χ2n) is 3.81. The molecule has 0 saturated heterocycles. The molecule has 0 atom stereocenters. The van der Waals surface area contributed by atoms with Gasteiger partial charge in [-0.1, -0.05) is 0 Å². The minimum absolute atomic E-state index is 0.892. The molecule has 0 unspecified atom stereocenters. The molecule has 2 heterocycles. The first-order valence-corrected chi connectivity index (χ1v) is 7.16. The van der Waals surface area contributed by atoms with E-state index in [1.165, 1.54) is 21.1 Å². The van der Waals surface area contributed by atoms with Crippen LogP contribution in [-0.2, 0) is 13.0 Å². The van der Waals surface area contributed by atoms with Gasteiger partial charge in [0.2, 0.25) is 0 Å². The maximum absolute atomic E-state index is 4.50. The fourth-order valence-electron chi connectivity index (χ4n) is 1.48. The Morgan fingerprint density at radius 2 is 2.25 bits per heavy atom. The number of rotatable bonds is 5. The molecule has 0 aliphatic rings. The number of thiophene rings is 1. The maximum Gasteiger partial charge on any atom is 0.107 e. The van der Waals surface area contributed by atoms with E-state index < -0.39 is 0 Å². The Balaban J connectivity index is 1.72. The molecular formula is C12H16N2S2. The molecule has 0 aliphatic heterocycles. The summed E-state index contributed by atoms with van der Waals surface area (Å²) in [6, 6.07) is 2.18. The summed E-state index contributed by atoms with van der Waals surface area (Å²) in [5.74, 6) is 0. The first kappa shape index (κ1) is 11.8. The van der Waals surface area contributed by atoms with Crippen molar-refractivity contribution in [1.82, 2.24) is 10.3 Å². The summed E-state index contributed by atoms with van der Waals surface area (Å²) in [6.07, 6.45) is 1.10. The third-order valence-corrected chi connectivity index (χ3v) is 4.32. The van der Waals surface area contributed by atoms with Gasteiger partial charge in [0.15, 0.2) is 0 Å².